The molecular formula is C9H12BrN. The van der Waals surface area contributed by atoms with Gasteiger partial charge in [0, 0.05) is 5.69 Å². The number of aromatic nitrogens is 1. The molecule has 1 aromatic heterocycles. The van der Waals surface area contributed by atoms with E-state index in [0.29, 0.717) is 0 Å². The molecule has 1 aliphatic rings. The normalized spacial score (nSPS) is 17.5. The Labute approximate surface area is 75.3 Å². The number of nitrogens with one attached hydrogen (secondary N) is 1. The van der Waals surface area contributed by atoms with Crippen molar-refractivity contribution in [1.29, 1.82) is 0 Å². The van der Waals surface area contributed by atoms with Crippen molar-refractivity contribution < 1.29 is 0 Å². The fraction of sp³-hybridized carbons (Fsp3) is 0.556. The SMILES string of the molecule is Brc1cc2c([nH]1)CCCCC2. The second-order valence-corrected chi connectivity index (χ2v) is 4.04. The fourth-order valence-corrected chi connectivity index (χ4v) is 2.26. The first-order chi connectivity index (χ1) is 5.36. The van der Waals surface area contributed by atoms with Crippen LogP contribution in [0.1, 0.15) is 30.5 Å². The Kier molecular flexibility index (Phi) is 2.03. The van der Waals surface area contributed by atoms with E-state index in [9.17, 15) is 0 Å². The number of hydrogen-bond acceptors (Lipinski definition) is 0. The van der Waals surface area contributed by atoms with E-state index in [1.54, 1.807) is 0 Å². The predicted octanol–water partition coefficient (Wildman–Crippen LogP) is 3.05. The maximum Gasteiger partial charge on any atom is 0.0825 e. The summed E-state index contributed by atoms with van der Waals surface area (Å²) in [4.78, 5) is 3.35. The van der Waals surface area contributed by atoms with Crippen molar-refractivity contribution in [2.45, 2.75) is 32.1 Å². The highest BCUT2D eigenvalue weighted by Gasteiger charge is 2.09. The maximum atomic E-state index is 3.46. The third-order valence-electron chi connectivity index (χ3n) is 2.33. The Balaban J connectivity index is 2.32. The first-order valence-corrected chi connectivity index (χ1v) is 5.02. The van der Waals surface area contributed by atoms with Crippen LogP contribution in [-0.4, -0.2) is 4.98 Å². The van der Waals surface area contributed by atoms with E-state index < -0.39 is 0 Å². The summed E-state index contributed by atoms with van der Waals surface area (Å²) in [7, 11) is 0. The highest BCUT2D eigenvalue weighted by Crippen LogP contribution is 2.23. The van der Waals surface area contributed by atoms with E-state index in [2.05, 4.69) is 27.0 Å². The molecule has 0 unspecified atom stereocenters. The lowest BCUT2D eigenvalue weighted by Gasteiger charge is -1.93. The standard InChI is InChI=1S/C9H12BrN/c10-9-6-7-4-2-1-3-5-8(7)11-9/h6,11H,1-5H2. The molecule has 0 atom stereocenters. The van der Waals surface area contributed by atoms with Gasteiger partial charge in [0.1, 0.15) is 0 Å². The Morgan fingerprint density at radius 1 is 1.18 bits per heavy atom. The lowest BCUT2D eigenvalue weighted by molar-refractivity contribution is 0.706. The van der Waals surface area contributed by atoms with Crippen LogP contribution in [0.3, 0.4) is 0 Å². The molecule has 0 saturated heterocycles. The van der Waals surface area contributed by atoms with Gasteiger partial charge in [-0.2, -0.15) is 0 Å². The summed E-state index contributed by atoms with van der Waals surface area (Å²) in [6.45, 7) is 0. The van der Waals surface area contributed by atoms with Crippen LogP contribution in [0.2, 0.25) is 0 Å². The van der Waals surface area contributed by atoms with Crippen LogP contribution in [0.15, 0.2) is 10.7 Å². The average Bonchev–Trinajstić information content (AvgIpc) is 2.17. The second kappa shape index (κ2) is 3.02. The Bertz CT molecular complexity index is 229. The molecule has 0 saturated carbocycles. The van der Waals surface area contributed by atoms with E-state index >= 15 is 0 Å². The summed E-state index contributed by atoms with van der Waals surface area (Å²) in [5.74, 6) is 0. The molecule has 0 fully saturated rings. The quantitative estimate of drug-likeness (QED) is 0.639. The second-order valence-electron chi connectivity index (χ2n) is 3.18. The minimum atomic E-state index is 1.14. The summed E-state index contributed by atoms with van der Waals surface area (Å²) < 4.78 is 1.14. The monoisotopic (exact) mass is 213 g/mol. The maximum absolute atomic E-state index is 3.46. The van der Waals surface area contributed by atoms with Crippen molar-refractivity contribution in [1.82, 2.24) is 4.98 Å². The lowest BCUT2D eigenvalue weighted by atomic mass is 10.1. The van der Waals surface area contributed by atoms with Crippen LogP contribution in [-0.2, 0) is 12.8 Å². The van der Waals surface area contributed by atoms with E-state index in [1.165, 1.54) is 43.4 Å². The molecular weight excluding hydrogens is 202 g/mol. The lowest BCUT2D eigenvalue weighted by Crippen LogP contribution is -1.85. The molecule has 2 rings (SSSR count). The van der Waals surface area contributed by atoms with Gasteiger partial charge < -0.3 is 4.98 Å². The van der Waals surface area contributed by atoms with Crippen molar-refractivity contribution in [3.63, 3.8) is 0 Å². The zero-order valence-corrected chi connectivity index (χ0v) is 8.08. The fourth-order valence-electron chi connectivity index (χ4n) is 1.74. The Morgan fingerprint density at radius 2 is 2.00 bits per heavy atom. The molecule has 1 heterocycles. The summed E-state index contributed by atoms with van der Waals surface area (Å²) in [6, 6.07) is 2.22. The molecule has 0 spiro atoms. The molecule has 2 heteroatoms. The molecule has 1 N–H and O–H groups in total. The molecule has 60 valence electrons. The number of halogens is 1. The molecule has 11 heavy (non-hydrogen) atoms. The predicted molar refractivity (Wildman–Crippen MR) is 49.8 cm³/mol. The van der Waals surface area contributed by atoms with Crippen molar-refractivity contribution in [3.8, 4) is 0 Å². The number of fused-ring (bicyclic) bond motifs is 1. The summed E-state index contributed by atoms with van der Waals surface area (Å²) in [5, 5.41) is 0. The van der Waals surface area contributed by atoms with Crippen LogP contribution in [0.5, 0.6) is 0 Å². The van der Waals surface area contributed by atoms with Gasteiger partial charge in [0.2, 0.25) is 0 Å². The van der Waals surface area contributed by atoms with Crippen LogP contribution in [0.25, 0.3) is 0 Å². The number of aromatic amines is 1. The third kappa shape index (κ3) is 1.51. The van der Waals surface area contributed by atoms with Gasteiger partial charge in [-0.3, -0.25) is 0 Å². The summed E-state index contributed by atoms with van der Waals surface area (Å²) >= 11 is 3.46. The molecule has 0 radical (unpaired) electrons. The van der Waals surface area contributed by atoms with Gasteiger partial charge >= 0.3 is 0 Å². The topological polar surface area (TPSA) is 15.8 Å². The van der Waals surface area contributed by atoms with Crippen molar-refractivity contribution in [3.05, 3.63) is 21.9 Å². The van der Waals surface area contributed by atoms with Crippen LogP contribution >= 0.6 is 15.9 Å². The smallest absolute Gasteiger partial charge is 0.0825 e. The minimum absolute atomic E-state index is 1.14. The average molecular weight is 214 g/mol. The van der Waals surface area contributed by atoms with Crippen molar-refractivity contribution >= 4 is 15.9 Å². The molecule has 0 aromatic carbocycles. The van der Waals surface area contributed by atoms with Crippen LogP contribution in [0.4, 0.5) is 0 Å². The van der Waals surface area contributed by atoms with E-state index in [4.69, 9.17) is 0 Å². The van der Waals surface area contributed by atoms with E-state index in [1.807, 2.05) is 0 Å². The number of rotatable bonds is 0. The van der Waals surface area contributed by atoms with Gasteiger partial charge in [-0.25, -0.2) is 0 Å². The van der Waals surface area contributed by atoms with Gasteiger partial charge in [-0.1, -0.05) is 6.42 Å². The number of H-pyrrole nitrogens is 1. The highest BCUT2D eigenvalue weighted by atomic mass is 79.9. The Morgan fingerprint density at radius 3 is 2.91 bits per heavy atom. The number of hydrogen-bond donors (Lipinski definition) is 1. The molecule has 0 bridgehead atoms. The summed E-state index contributed by atoms with van der Waals surface area (Å²) in [6.07, 6.45) is 6.59. The van der Waals surface area contributed by atoms with Crippen LogP contribution < -0.4 is 0 Å². The minimum Gasteiger partial charge on any atom is -0.353 e. The first kappa shape index (κ1) is 7.41. The Hall–Kier alpha value is -0.240. The molecule has 0 amide bonds. The van der Waals surface area contributed by atoms with Crippen molar-refractivity contribution in [2.75, 3.05) is 0 Å². The van der Waals surface area contributed by atoms with Gasteiger partial charge in [0.05, 0.1) is 4.60 Å². The van der Waals surface area contributed by atoms with Gasteiger partial charge in [0.15, 0.2) is 0 Å². The highest BCUT2D eigenvalue weighted by molar-refractivity contribution is 9.10. The molecule has 1 aromatic rings. The van der Waals surface area contributed by atoms with Gasteiger partial charge in [-0.05, 0) is 53.2 Å². The van der Waals surface area contributed by atoms with E-state index in [-0.39, 0.29) is 0 Å². The largest absolute Gasteiger partial charge is 0.353 e. The molecule has 1 aliphatic carbocycles. The summed E-state index contributed by atoms with van der Waals surface area (Å²) in [5.41, 5.74) is 2.98. The third-order valence-corrected chi connectivity index (χ3v) is 2.76. The van der Waals surface area contributed by atoms with E-state index in [0.717, 1.165) is 4.60 Å². The zero-order valence-electron chi connectivity index (χ0n) is 6.49. The number of aryl methyl sites for hydroxylation is 2. The van der Waals surface area contributed by atoms with Gasteiger partial charge in [0.25, 0.3) is 0 Å². The zero-order chi connectivity index (χ0) is 7.68. The molecule has 1 nitrogen and oxygen atoms in total. The van der Waals surface area contributed by atoms with Gasteiger partial charge in [-0.15, -0.1) is 0 Å². The van der Waals surface area contributed by atoms with Crippen LogP contribution in [0, 0.1) is 0 Å². The molecule has 0 aliphatic heterocycles. The first-order valence-electron chi connectivity index (χ1n) is 4.22. The van der Waals surface area contributed by atoms with Crippen molar-refractivity contribution in [2.24, 2.45) is 0 Å².